The highest BCUT2D eigenvalue weighted by Crippen LogP contribution is 2.37. The van der Waals surface area contributed by atoms with Crippen molar-refractivity contribution in [2.24, 2.45) is 5.92 Å². The van der Waals surface area contributed by atoms with Crippen LogP contribution in [-0.2, 0) is 0 Å². The van der Waals surface area contributed by atoms with Gasteiger partial charge in [-0.1, -0.05) is 0 Å². The zero-order valence-electron chi connectivity index (χ0n) is 14.5. The first-order valence-electron chi connectivity index (χ1n) is 8.90. The highest BCUT2D eigenvalue weighted by Gasteiger charge is 2.30. The van der Waals surface area contributed by atoms with Gasteiger partial charge >= 0.3 is 5.69 Å². The summed E-state index contributed by atoms with van der Waals surface area (Å²) >= 11 is 0. The molecule has 2 fully saturated rings. The molecule has 6 nitrogen and oxygen atoms in total. The number of H-pyrrole nitrogens is 1. The van der Waals surface area contributed by atoms with Gasteiger partial charge in [-0.3, -0.25) is 14.3 Å². The lowest BCUT2D eigenvalue weighted by atomic mass is 10.0. The maximum Gasteiger partial charge on any atom is 0.329 e. The van der Waals surface area contributed by atoms with Gasteiger partial charge in [-0.25, -0.2) is 9.18 Å². The van der Waals surface area contributed by atoms with Crippen LogP contribution in [0, 0.1) is 11.7 Å². The van der Waals surface area contributed by atoms with Crippen molar-refractivity contribution in [3.05, 3.63) is 38.8 Å². The van der Waals surface area contributed by atoms with E-state index in [4.69, 9.17) is 0 Å². The Bertz CT molecular complexity index is 931. The van der Waals surface area contributed by atoms with Crippen molar-refractivity contribution in [1.29, 1.82) is 0 Å². The van der Waals surface area contributed by atoms with Crippen molar-refractivity contribution < 1.29 is 4.39 Å². The third kappa shape index (κ3) is 2.76. The van der Waals surface area contributed by atoms with Gasteiger partial charge in [-0.2, -0.15) is 0 Å². The maximum absolute atomic E-state index is 14.7. The van der Waals surface area contributed by atoms with E-state index in [9.17, 15) is 14.0 Å². The zero-order valence-corrected chi connectivity index (χ0v) is 14.5. The molecule has 0 spiro atoms. The van der Waals surface area contributed by atoms with Crippen LogP contribution >= 0.6 is 0 Å². The van der Waals surface area contributed by atoms with E-state index in [1.807, 2.05) is 11.9 Å². The summed E-state index contributed by atoms with van der Waals surface area (Å²) in [6.07, 6.45) is 2.82. The molecule has 1 saturated heterocycles. The molecule has 1 aromatic carbocycles. The standard InChI is InChI=1S/C18H23FN4O2/c1-10(20-2)11-5-6-22(9-11)16-8-15-13(7-14(16)19)17(24)21-18(25)23(15)12-3-4-12/h7-8,10-12,20H,3-6,9H2,1-2H3,(H,21,24,25). The Balaban J connectivity index is 1.80. The number of hydrogen-bond donors (Lipinski definition) is 2. The van der Waals surface area contributed by atoms with Crippen LogP contribution in [0.5, 0.6) is 0 Å². The Hall–Kier alpha value is -2.15. The number of rotatable bonds is 4. The summed E-state index contributed by atoms with van der Waals surface area (Å²) in [5.41, 5.74) is 0.0987. The molecule has 1 saturated carbocycles. The number of aromatic amines is 1. The number of halogens is 1. The predicted molar refractivity (Wildman–Crippen MR) is 95.9 cm³/mol. The Morgan fingerprint density at radius 3 is 2.72 bits per heavy atom. The lowest BCUT2D eigenvalue weighted by molar-refractivity contribution is 0.428. The predicted octanol–water partition coefficient (Wildman–Crippen LogP) is 1.60. The van der Waals surface area contributed by atoms with E-state index in [2.05, 4.69) is 17.2 Å². The third-order valence-electron chi connectivity index (χ3n) is 5.65. The monoisotopic (exact) mass is 346 g/mol. The first kappa shape index (κ1) is 16.3. The second-order valence-electron chi connectivity index (χ2n) is 7.25. The molecule has 7 heteroatoms. The zero-order chi connectivity index (χ0) is 17.7. The van der Waals surface area contributed by atoms with Crippen LogP contribution in [0.25, 0.3) is 10.9 Å². The van der Waals surface area contributed by atoms with E-state index in [1.165, 1.54) is 6.07 Å². The lowest BCUT2D eigenvalue weighted by Gasteiger charge is -2.22. The van der Waals surface area contributed by atoms with Crippen molar-refractivity contribution in [3.8, 4) is 0 Å². The van der Waals surface area contributed by atoms with E-state index in [1.54, 1.807) is 10.6 Å². The molecule has 134 valence electrons. The second-order valence-corrected chi connectivity index (χ2v) is 7.25. The van der Waals surface area contributed by atoms with Gasteiger partial charge in [0.05, 0.1) is 16.6 Å². The number of benzene rings is 1. The first-order chi connectivity index (χ1) is 12.0. The highest BCUT2D eigenvalue weighted by molar-refractivity contribution is 5.82. The lowest BCUT2D eigenvalue weighted by Crippen LogP contribution is -2.33. The van der Waals surface area contributed by atoms with Crippen molar-refractivity contribution >= 4 is 16.6 Å². The highest BCUT2D eigenvalue weighted by atomic mass is 19.1. The van der Waals surface area contributed by atoms with Crippen molar-refractivity contribution in [3.63, 3.8) is 0 Å². The minimum Gasteiger partial charge on any atom is -0.369 e. The molecule has 0 amide bonds. The fourth-order valence-corrected chi connectivity index (χ4v) is 3.85. The summed E-state index contributed by atoms with van der Waals surface area (Å²) in [6.45, 7) is 3.67. The molecule has 25 heavy (non-hydrogen) atoms. The molecule has 2 aliphatic rings. The smallest absolute Gasteiger partial charge is 0.329 e. The molecule has 4 rings (SSSR count). The molecule has 2 heterocycles. The van der Waals surface area contributed by atoms with Gasteiger partial charge in [0, 0.05) is 25.2 Å². The van der Waals surface area contributed by atoms with Crippen LogP contribution in [0.2, 0.25) is 0 Å². The van der Waals surface area contributed by atoms with E-state index in [-0.39, 0.29) is 11.4 Å². The molecule has 1 aliphatic carbocycles. The fourth-order valence-electron chi connectivity index (χ4n) is 3.85. The van der Waals surface area contributed by atoms with Crippen molar-refractivity contribution in [2.75, 3.05) is 25.0 Å². The average Bonchev–Trinajstić information content (AvgIpc) is 3.29. The molecule has 1 aliphatic heterocycles. The van der Waals surface area contributed by atoms with Crippen LogP contribution < -0.4 is 21.5 Å². The minimum atomic E-state index is -0.523. The Kier molecular flexibility index (Phi) is 3.91. The Labute approximate surface area is 144 Å². The van der Waals surface area contributed by atoms with Gasteiger partial charge in [0.25, 0.3) is 5.56 Å². The third-order valence-corrected chi connectivity index (χ3v) is 5.65. The number of aromatic nitrogens is 2. The number of nitrogens with one attached hydrogen (secondary N) is 2. The van der Waals surface area contributed by atoms with E-state index < -0.39 is 17.1 Å². The summed E-state index contributed by atoms with van der Waals surface area (Å²) in [5.74, 6) is 0.0432. The number of anilines is 1. The van der Waals surface area contributed by atoms with Crippen LogP contribution in [-0.4, -0.2) is 35.7 Å². The van der Waals surface area contributed by atoms with Gasteiger partial charge in [-0.15, -0.1) is 0 Å². The maximum atomic E-state index is 14.7. The van der Waals surface area contributed by atoms with Gasteiger partial charge < -0.3 is 10.2 Å². The summed E-state index contributed by atoms with van der Waals surface area (Å²) in [4.78, 5) is 28.7. The Morgan fingerprint density at radius 1 is 1.28 bits per heavy atom. The molecule has 0 bridgehead atoms. The second kappa shape index (κ2) is 5.98. The first-order valence-corrected chi connectivity index (χ1v) is 8.90. The van der Waals surface area contributed by atoms with Gasteiger partial charge in [0.2, 0.25) is 0 Å². The topological polar surface area (TPSA) is 70.1 Å². The molecule has 2 aromatic rings. The van der Waals surface area contributed by atoms with E-state index >= 15 is 0 Å². The van der Waals surface area contributed by atoms with Crippen LogP contribution in [0.1, 0.15) is 32.2 Å². The molecule has 2 atom stereocenters. The van der Waals surface area contributed by atoms with Crippen LogP contribution in [0.4, 0.5) is 10.1 Å². The van der Waals surface area contributed by atoms with Crippen LogP contribution in [0.3, 0.4) is 0 Å². The number of fused-ring (bicyclic) bond motifs is 1. The fraction of sp³-hybridized carbons (Fsp3) is 0.556. The normalized spacial score (nSPS) is 21.9. The molecular formula is C18H23FN4O2. The Morgan fingerprint density at radius 2 is 2.04 bits per heavy atom. The molecule has 0 radical (unpaired) electrons. The largest absolute Gasteiger partial charge is 0.369 e. The van der Waals surface area contributed by atoms with Crippen molar-refractivity contribution in [2.45, 2.75) is 38.3 Å². The van der Waals surface area contributed by atoms with Gasteiger partial charge in [-0.05, 0) is 51.3 Å². The minimum absolute atomic E-state index is 0.112. The molecule has 1 aromatic heterocycles. The molecular weight excluding hydrogens is 323 g/mol. The molecule has 2 N–H and O–H groups in total. The summed E-state index contributed by atoms with van der Waals surface area (Å²) in [6, 6.07) is 3.43. The SMILES string of the molecule is CNC(C)C1CCN(c2cc3c(cc2F)c(=O)[nH]c(=O)n3C2CC2)C1. The average molecular weight is 346 g/mol. The quantitative estimate of drug-likeness (QED) is 0.882. The number of hydrogen-bond acceptors (Lipinski definition) is 4. The van der Waals surface area contributed by atoms with Gasteiger partial charge in [0.1, 0.15) is 5.82 Å². The summed E-state index contributed by atoms with van der Waals surface area (Å²) < 4.78 is 16.3. The van der Waals surface area contributed by atoms with Crippen molar-refractivity contribution in [1.82, 2.24) is 14.9 Å². The van der Waals surface area contributed by atoms with E-state index in [0.717, 1.165) is 32.4 Å². The van der Waals surface area contributed by atoms with E-state index in [0.29, 0.717) is 23.2 Å². The summed E-state index contributed by atoms with van der Waals surface area (Å²) in [7, 11) is 1.94. The number of nitrogens with zero attached hydrogens (tertiary/aromatic N) is 2. The summed E-state index contributed by atoms with van der Waals surface area (Å²) in [5, 5.41) is 3.50. The molecule has 2 unspecified atom stereocenters. The van der Waals surface area contributed by atoms with Crippen LogP contribution in [0.15, 0.2) is 21.7 Å². The van der Waals surface area contributed by atoms with Gasteiger partial charge in [0.15, 0.2) is 0 Å².